The van der Waals surface area contributed by atoms with Gasteiger partial charge in [-0.25, -0.2) is 4.79 Å². The van der Waals surface area contributed by atoms with E-state index in [1.807, 2.05) is 95.7 Å². The number of ether oxygens (including phenoxy) is 1. The quantitative estimate of drug-likeness (QED) is 0.139. The van der Waals surface area contributed by atoms with Gasteiger partial charge in [0.2, 0.25) is 5.91 Å². The second-order valence-electron chi connectivity index (χ2n) is 15.2. The lowest BCUT2D eigenvalue weighted by atomic mass is 9.98. The van der Waals surface area contributed by atoms with Gasteiger partial charge in [-0.1, -0.05) is 40.9 Å². The van der Waals surface area contributed by atoms with Gasteiger partial charge in [0.1, 0.15) is 18.0 Å². The molecule has 1 aliphatic rings. The van der Waals surface area contributed by atoms with Gasteiger partial charge in [-0.15, -0.1) is 0 Å². The van der Waals surface area contributed by atoms with Gasteiger partial charge in [-0.3, -0.25) is 14.3 Å². The Bertz CT molecular complexity index is 2590. The highest BCUT2D eigenvalue weighted by molar-refractivity contribution is 6.35. The van der Waals surface area contributed by atoms with Crippen molar-refractivity contribution in [2.24, 2.45) is 7.05 Å². The zero-order valence-electron chi connectivity index (χ0n) is 33.2. The maximum absolute atomic E-state index is 15.4. The van der Waals surface area contributed by atoms with Gasteiger partial charge in [-0.2, -0.15) is 5.10 Å². The van der Waals surface area contributed by atoms with Crippen molar-refractivity contribution < 1.29 is 24.2 Å². The number of carboxylic acid groups (broad SMARTS) is 1. The number of halogens is 2. The number of rotatable bonds is 10. The molecule has 4 heterocycles. The number of aryl methyl sites for hydroxylation is 6. The third kappa shape index (κ3) is 6.40. The first-order chi connectivity index (χ1) is 26.5. The number of nitrogens with zero attached hydrogens (tertiary/aromatic N) is 6. The molecule has 2 amide bonds. The molecule has 13 heteroatoms. The van der Waals surface area contributed by atoms with Crippen LogP contribution >= 0.6 is 23.2 Å². The molecular formula is C43H46Cl2N6O5. The molecule has 56 heavy (non-hydrogen) atoms. The molecule has 292 valence electrons. The Morgan fingerprint density at radius 3 is 2.30 bits per heavy atom. The van der Waals surface area contributed by atoms with E-state index in [0.29, 0.717) is 46.1 Å². The molecule has 1 aliphatic heterocycles. The minimum absolute atomic E-state index is 0.111. The van der Waals surface area contributed by atoms with Crippen LogP contribution in [0.25, 0.3) is 32.9 Å². The van der Waals surface area contributed by atoms with Gasteiger partial charge < -0.3 is 28.8 Å². The molecule has 0 aliphatic carbocycles. The summed E-state index contributed by atoms with van der Waals surface area (Å²) in [5.41, 5.74) is 9.08. The SMILES string of the molecule is Cc1ccc2c(c1)c(N1C[C@@H](C)n3c(c(CCCOc4cc(C)c(Cl)c(C)c4)c4ccc(Cl)c(-c5c(C)nn(C)c5C)c43)C1=O)c(C(=O)O)n2CC(=O)N(C)C. The Morgan fingerprint density at radius 2 is 1.68 bits per heavy atom. The number of benzene rings is 3. The first kappa shape index (κ1) is 39.0. The van der Waals surface area contributed by atoms with Gasteiger partial charge in [-0.05, 0) is 101 Å². The maximum Gasteiger partial charge on any atom is 0.354 e. The minimum atomic E-state index is -1.23. The Morgan fingerprint density at radius 1 is 0.982 bits per heavy atom. The zero-order valence-corrected chi connectivity index (χ0v) is 34.7. The topological polar surface area (TPSA) is 115 Å². The number of amides is 2. The smallest absolute Gasteiger partial charge is 0.354 e. The van der Waals surface area contributed by atoms with E-state index in [1.165, 1.54) is 9.47 Å². The average molecular weight is 798 g/mol. The van der Waals surface area contributed by atoms with E-state index in [4.69, 9.17) is 33.0 Å². The van der Waals surface area contributed by atoms with Crippen molar-refractivity contribution in [3.63, 3.8) is 0 Å². The van der Waals surface area contributed by atoms with Crippen molar-refractivity contribution in [1.29, 1.82) is 0 Å². The number of hydrogen-bond acceptors (Lipinski definition) is 5. The number of hydrogen-bond donors (Lipinski definition) is 1. The number of aromatic nitrogens is 4. The van der Waals surface area contributed by atoms with Crippen molar-refractivity contribution in [3.05, 3.63) is 97.5 Å². The summed E-state index contributed by atoms with van der Waals surface area (Å²) in [6, 6.07) is 13.0. The Kier molecular flexibility index (Phi) is 10.2. The van der Waals surface area contributed by atoms with Crippen LogP contribution in [0.1, 0.15) is 74.0 Å². The van der Waals surface area contributed by atoms with E-state index in [-0.39, 0.29) is 42.3 Å². The molecule has 0 unspecified atom stereocenters. The number of fused-ring (bicyclic) bond motifs is 4. The third-order valence-electron chi connectivity index (χ3n) is 11.0. The largest absolute Gasteiger partial charge is 0.494 e. The van der Waals surface area contributed by atoms with Crippen LogP contribution in [0.15, 0.2) is 42.5 Å². The zero-order chi connectivity index (χ0) is 40.5. The second-order valence-corrected chi connectivity index (χ2v) is 16.0. The van der Waals surface area contributed by atoms with Crippen molar-refractivity contribution in [2.45, 2.75) is 67.0 Å². The first-order valence-corrected chi connectivity index (χ1v) is 19.4. The van der Waals surface area contributed by atoms with Gasteiger partial charge >= 0.3 is 5.97 Å². The summed E-state index contributed by atoms with van der Waals surface area (Å²) in [5, 5.41) is 18.3. The van der Waals surface area contributed by atoms with E-state index in [0.717, 1.165) is 61.4 Å². The molecule has 1 atom stereocenters. The summed E-state index contributed by atoms with van der Waals surface area (Å²) in [6.07, 6.45) is 1.08. The summed E-state index contributed by atoms with van der Waals surface area (Å²) in [5.74, 6) is -1.11. The molecular weight excluding hydrogens is 751 g/mol. The number of carbonyl (C=O) groups excluding carboxylic acids is 2. The van der Waals surface area contributed by atoms with E-state index in [1.54, 1.807) is 19.0 Å². The van der Waals surface area contributed by atoms with Crippen molar-refractivity contribution in [1.82, 2.24) is 23.8 Å². The summed E-state index contributed by atoms with van der Waals surface area (Å²) in [4.78, 5) is 44.7. The molecule has 3 aromatic heterocycles. The molecule has 11 nitrogen and oxygen atoms in total. The minimum Gasteiger partial charge on any atom is -0.494 e. The van der Waals surface area contributed by atoms with E-state index >= 15 is 4.79 Å². The summed E-state index contributed by atoms with van der Waals surface area (Å²) in [7, 11) is 5.16. The molecule has 1 N–H and O–H groups in total. The van der Waals surface area contributed by atoms with Gasteiger partial charge in [0.25, 0.3) is 5.91 Å². The highest BCUT2D eigenvalue weighted by Crippen LogP contribution is 2.46. The Labute approximate surface area is 335 Å². The Balaban J connectivity index is 1.42. The third-order valence-corrected chi connectivity index (χ3v) is 11.9. The van der Waals surface area contributed by atoms with Crippen molar-refractivity contribution in [3.8, 4) is 16.9 Å². The van der Waals surface area contributed by atoms with Gasteiger partial charge in [0.15, 0.2) is 5.69 Å². The number of aromatic carboxylic acids is 1. The first-order valence-electron chi connectivity index (χ1n) is 18.6. The lowest BCUT2D eigenvalue weighted by Gasteiger charge is -2.34. The summed E-state index contributed by atoms with van der Waals surface area (Å²) >= 11 is 13.5. The molecule has 0 saturated heterocycles. The van der Waals surface area contributed by atoms with Crippen LogP contribution < -0.4 is 9.64 Å². The van der Waals surface area contributed by atoms with E-state index < -0.39 is 5.97 Å². The Hall–Kier alpha value is -5.26. The highest BCUT2D eigenvalue weighted by atomic mass is 35.5. The van der Waals surface area contributed by atoms with Crippen LogP contribution in [0.3, 0.4) is 0 Å². The predicted octanol–water partition coefficient (Wildman–Crippen LogP) is 8.86. The van der Waals surface area contributed by atoms with Crippen LogP contribution in [-0.2, 0) is 24.8 Å². The lowest BCUT2D eigenvalue weighted by Crippen LogP contribution is -2.43. The standard InChI is InChI=1S/C43H46Cl2N6O5/c1-22-12-15-33-31(17-22)39(41(43(54)55)49(33)21-34(52)47(7)8)50-20-25(4)51-38-30(13-14-32(44)36(38)35-26(5)46-48(9)27(35)6)29(40(51)42(50)53)11-10-16-56-28-18-23(2)37(45)24(3)19-28/h12-15,17-19,25H,10-11,16,20-21H2,1-9H3,(H,54,55)/t25-/m1/s1. The van der Waals surface area contributed by atoms with Crippen molar-refractivity contribution in [2.75, 3.05) is 32.1 Å². The normalized spacial score (nSPS) is 14.2. The molecule has 0 fully saturated rings. The summed E-state index contributed by atoms with van der Waals surface area (Å²) < 4.78 is 11.7. The number of carbonyl (C=O) groups is 3. The lowest BCUT2D eigenvalue weighted by molar-refractivity contribution is -0.129. The van der Waals surface area contributed by atoms with Crippen LogP contribution in [0.2, 0.25) is 10.0 Å². The van der Waals surface area contributed by atoms with Crippen molar-refractivity contribution >= 4 is 68.5 Å². The van der Waals surface area contributed by atoms with E-state index in [9.17, 15) is 14.7 Å². The molecule has 7 rings (SSSR count). The maximum atomic E-state index is 15.4. The fourth-order valence-electron chi connectivity index (χ4n) is 8.30. The number of anilines is 1. The number of likely N-dealkylation sites (N-methyl/N-ethyl adjacent to an activating group) is 1. The fraction of sp³-hybridized carbons (Fsp3) is 0.349. The fourth-order valence-corrected chi connectivity index (χ4v) is 8.66. The van der Waals surface area contributed by atoms with Gasteiger partial charge in [0.05, 0.1) is 34.0 Å². The number of carboxylic acids is 1. The molecule has 0 bridgehead atoms. The molecule has 0 spiro atoms. The molecule has 0 radical (unpaired) electrons. The van der Waals surface area contributed by atoms with E-state index in [2.05, 4.69) is 4.57 Å². The van der Waals surface area contributed by atoms with Gasteiger partial charge in [0, 0.05) is 66.3 Å². The average Bonchev–Trinajstić information content (AvgIpc) is 3.72. The monoisotopic (exact) mass is 796 g/mol. The molecule has 0 saturated carbocycles. The second kappa shape index (κ2) is 14.7. The molecule has 3 aromatic carbocycles. The summed E-state index contributed by atoms with van der Waals surface area (Å²) in [6.45, 7) is 12.2. The molecule has 6 aromatic rings. The van der Waals surface area contributed by atoms with Crippen LogP contribution in [-0.4, -0.2) is 74.0 Å². The van der Waals surface area contributed by atoms with Crippen LogP contribution in [0.5, 0.6) is 5.75 Å². The highest BCUT2D eigenvalue weighted by Gasteiger charge is 2.40. The van der Waals surface area contributed by atoms with Crippen LogP contribution in [0, 0.1) is 34.6 Å². The van der Waals surface area contributed by atoms with Crippen LogP contribution in [0.4, 0.5) is 5.69 Å². The predicted molar refractivity (Wildman–Crippen MR) is 222 cm³/mol.